The molecule has 2 bridgehead atoms. The van der Waals surface area contributed by atoms with Crippen molar-refractivity contribution in [3.63, 3.8) is 0 Å². The van der Waals surface area contributed by atoms with Crippen molar-refractivity contribution >= 4 is 11.9 Å². The highest BCUT2D eigenvalue weighted by molar-refractivity contribution is 5.93. The molecule has 1 aromatic carbocycles. The zero-order chi connectivity index (χ0) is 24.8. The van der Waals surface area contributed by atoms with Gasteiger partial charge in [0.25, 0.3) is 0 Å². The van der Waals surface area contributed by atoms with Crippen LogP contribution in [0.15, 0.2) is 24.3 Å². The van der Waals surface area contributed by atoms with Crippen molar-refractivity contribution < 1.29 is 19.7 Å². The number of benzene rings is 1. The van der Waals surface area contributed by atoms with Crippen LogP contribution in [0.1, 0.15) is 79.6 Å². The summed E-state index contributed by atoms with van der Waals surface area (Å²) in [6.07, 6.45) is 10.5. The van der Waals surface area contributed by atoms with E-state index in [4.69, 9.17) is 4.74 Å². The fourth-order valence-corrected chi connectivity index (χ4v) is 7.91. The predicted octanol–water partition coefficient (Wildman–Crippen LogP) is 4.20. The van der Waals surface area contributed by atoms with E-state index in [0.29, 0.717) is 18.6 Å². The van der Waals surface area contributed by atoms with Crippen molar-refractivity contribution in [1.29, 1.82) is 0 Å². The van der Waals surface area contributed by atoms with Crippen LogP contribution in [0.5, 0.6) is 11.5 Å². The zero-order valence-corrected chi connectivity index (χ0v) is 21.3. The number of unbranched alkanes of at least 4 members (excludes halogenated alkanes) is 1. The summed E-state index contributed by atoms with van der Waals surface area (Å²) in [6, 6.07) is 5.97. The third-order valence-electron chi connectivity index (χ3n) is 9.84. The number of aromatic hydroxyl groups is 1. The number of carbonyl (C=O) groups is 1. The Balaban J connectivity index is 1.36. The van der Waals surface area contributed by atoms with Crippen molar-refractivity contribution in [3.8, 4) is 11.5 Å². The summed E-state index contributed by atoms with van der Waals surface area (Å²) in [5.74, 6) is 1.63. The number of phenolic OH excluding ortho intramolecular Hbond substituents is 1. The third kappa shape index (κ3) is 2.89. The van der Waals surface area contributed by atoms with Crippen LogP contribution in [0.2, 0.25) is 0 Å². The van der Waals surface area contributed by atoms with Crippen molar-refractivity contribution in [3.05, 3.63) is 52.4 Å². The number of phenols is 1. The van der Waals surface area contributed by atoms with E-state index in [1.54, 1.807) is 12.1 Å². The van der Waals surface area contributed by atoms with Gasteiger partial charge < -0.3 is 19.5 Å². The number of carbonyl (C=O) groups excluding carboxylic acids is 1. The molecule has 190 valence electrons. The Bertz CT molecular complexity index is 1290. The number of likely N-dealkylation sites (tertiary alicyclic amines) is 1. The van der Waals surface area contributed by atoms with E-state index in [9.17, 15) is 15.0 Å². The smallest absolute Gasteiger partial charge is 0.166 e. The van der Waals surface area contributed by atoms with Gasteiger partial charge in [-0.25, -0.2) is 0 Å². The minimum Gasteiger partial charge on any atom is -0.504 e. The van der Waals surface area contributed by atoms with Crippen LogP contribution >= 0.6 is 0 Å². The van der Waals surface area contributed by atoms with Gasteiger partial charge in [-0.3, -0.25) is 9.69 Å². The van der Waals surface area contributed by atoms with Crippen LogP contribution in [0.3, 0.4) is 0 Å². The van der Waals surface area contributed by atoms with Crippen LogP contribution in [0.25, 0.3) is 6.08 Å². The van der Waals surface area contributed by atoms with Crippen molar-refractivity contribution in [1.82, 2.24) is 9.47 Å². The van der Waals surface area contributed by atoms with E-state index in [2.05, 4.69) is 22.5 Å². The monoisotopic (exact) mass is 488 g/mol. The predicted molar refractivity (Wildman–Crippen MR) is 137 cm³/mol. The van der Waals surface area contributed by atoms with Crippen LogP contribution in [0.4, 0.5) is 0 Å². The second kappa shape index (κ2) is 7.72. The fourth-order valence-electron chi connectivity index (χ4n) is 7.91. The number of piperidine rings is 1. The second-order valence-corrected chi connectivity index (χ2v) is 11.9. The Hall–Kier alpha value is -2.57. The molecule has 1 spiro atoms. The summed E-state index contributed by atoms with van der Waals surface area (Å²) in [7, 11) is 2.03. The number of fused-ring (bicyclic) bond motifs is 2. The van der Waals surface area contributed by atoms with E-state index >= 15 is 0 Å². The van der Waals surface area contributed by atoms with Crippen LogP contribution < -0.4 is 4.74 Å². The summed E-state index contributed by atoms with van der Waals surface area (Å²) < 4.78 is 8.80. The summed E-state index contributed by atoms with van der Waals surface area (Å²) in [5.41, 5.74) is 3.82. The first kappa shape index (κ1) is 22.6. The molecule has 0 unspecified atom stereocenters. The molecule has 36 heavy (non-hydrogen) atoms. The second-order valence-electron chi connectivity index (χ2n) is 11.9. The standard InChI is InChI=1S/C30H36N2O4/c1-3-4-5-22(33)10-9-21-14-20-16-30(35)24-15-19-8-11-23(34)27-25(19)29(30,28(36-27)26(20)31(21)2)12-13-32(24)17-18-6-7-18/h8-11,14,18,24,28,34-35H,3-7,12-13,15-17H2,1-2H3/b10-9-/t24-,28+,29+,30-/m1/s1. The highest BCUT2D eigenvalue weighted by Gasteiger charge is 2.72. The largest absolute Gasteiger partial charge is 0.504 e. The lowest BCUT2D eigenvalue weighted by atomic mass is 9.49. The molecule has 2 N–H and O–H groups in total. The quantitative estimate of drug-likeness (QED) is 0.572. The molecule has 7 rings (SSSR count). The van der Waals surface area contributed by atoms with Gasteiger partial charge in [-0.2, -0.15) is 0 Å². The van der Waals surface area contributed by atoms with Crippen molar-refractivity contribution in [2.24, 2.45) is 13.0 Å². The number of allylic oxidation sites excluding steroid dienone is 1. The normalized spacial score (nSPS) is 31.9. The molecule has 2 fully saturated rings. The topological polar surface area (TPSA) is 74.9 Å². The van der Waals surface area contributed by atoms with Gasteiger partial charge in [0.1, 0.15) is 0 Å². The SMILES string of the molecule is CCCCC(=O)/C=C\c1cc2c(n1C)[C@@H]1Oc3c(O)ccc4c3[C@@]13CCN(CC1CC1)[C@H](C4)[C@]3(O)C2. The van der Waals surface area contributed by atoms with Crippen molar-refractivity contribution in [2.45, 2.75) is 81.5 Å². The Morgan fingerprint density at radius 2 is 2.11 bits per heavy atom. The number of ketones is 1. The molecule has 1 aromatic heterocycles. The highest BCUT2D eigenvalue weighted by atomic mass is 16.5. The van der Waals surface area contributed by atoms with E-state index in [-0.39, 0.29) is 23.7 Å². The molecule has 5 aliphatic rings. The van der Waals surface area contributed by atoms with E-state index in [1.807, 2.05) is 19.2 Å². The number of nitrogens with zero attached hydrogens (tertiary/aromatic N) is 2. The molecular formula is C30H36N2O4. The maximum absolute atomic E-state index is 12.8. The number of hydrogen-bond acceptors (Lipinski definition) is 5. The third-order valence-corrected chi connectivity index (χ3v) is 9.84. The van der Waals surface area contributed by atoms with Crippen LogP contribution in [-0.4, -0.2) is 50.2 Å². The molecule has 6 nitrogen and oxygen atoms in total. The minimum absolute atomic E-state index is 0.0314. The molecule has 2 aromatic rings. The van der Waals surface area contributed by atoms with E-state index in [0.717, 1.165) is 67.2 Å². The molecule has 0 amide bonds. The average Bonchev–Trinajstić information content (AvgIpc) is 3.52. The molecular weight excluding hydrogens is 452 g/mol. The molecule has 1 saturated carbocycles. The Labute approximate surface area is 212 Å². The molecule has 6 heteroatoms. The minimum atomic E-state index is -0.969. The summed E-state index contributed by atoms with van der Waals surface area (Å²) in [6.45, 7) is 4.09. The Morgan fingerprint density at radius 3 is 2.89 bits per heavy atom. The first-order valence-electron chi connectivity index (χ1n) is 13.7. The first-order chi connectivity index (χ1) is 17.4. The molecule has 1 saturated heterocycles. The summed E-state index contributed by atoms with van der Waals surface area (Å²) in [5, 5.41) is 23.6. The van der Waals surface area contributed by atoms with Gasteiger partial charge in [0.15, 0.2) is 23.4 Å². The van der Waals surface area contributed by atoms with Crippen LogP contribution in [0, 0.1) is 5.92 Å². The van der Waals surface area contributed by atoms with Gasteiger partial charge in [-0.15, -0.1) is 0 Å². The molecule has 0 radical (unpaired) electrons. The molecule has 3 aliphatic carbocycles. The van der Waals surface area contributed by atoms with E-state index in [1.165, 1.54) is 18.4 Å². The van der Waals surface area contributed by atoms with Gasteiger partial charge in [0, 0.05) is 43.7 Å². The molecule has 4 atom stereocenters. The molecule has 3 heterocycles. The highest BCUT2D eigenvalue weighted by Crippen LogP contribution is 2.68. The summed E-state index contributed by atoms with van der Waals surface area (Å²) >= 11 is 0. The van der Waals surface area contributed by atoms with Gasteiger partial charge in [-0.1, -0.05) is 19.4 Å². The number of ether oxygens (including phenoxy) is 1. The van der Waals surface area contributed by atoms with Gasteiger partial charge >= 0.3 is 0 Å². The number of aromatic nitrogens is 1. The van der Waals surface area contributed by atoms with Crippen molar-refractivity contribution in [2.75, 3.05) is 13.1 Å². The van der Waals surface area contributed by atoms with Gasteiger partial charge in [0.05, 0.1) is 16.7 Å². The lowest BCUT2D eigenvalue weighted by Gasteiger charge is -2.62. The van der Waals surface area contributed by atoms with Gasteiger partial charge in [0.2, 0.25) is 0 Å². The van der Waals surface area contributed by atoms with Gasteiger partial charge in [-0.05, 0) is 80.0 Å². The number of rotatable bonds is 7. The maximum Gasteiger partial charge on any atom is 0.166 e. The van der Waals surface area contributed by atoms with Crippen LogP contribution in [-0.2, 0) is 30.1 Å². The summed E-state index contributed by atoms with van der Waals surface area (Å²) in [4.78, 5) is 14.9. The van der Waals surface area contributed by atoms with E-state index < -0.39 is 11.0 Å². The first-order valence-corrected chi connectivity index (χ1v) is 13.7. The fraction of sp³-hybridized carbons (Fsp3) is 0.567. The number of hydrogen-bond donors (Lipinski definition) is 2. The lowest BCUT2D eigenvalue weighted by molar-refractivity contribution is -0.173. The Kier molecular flexibility index (Phi) is 4.85. The Morgan fingerprint density at radius 1 is 1.28 bits per heavy atom. The zero-order valence-electron chi connectivity index (χ0n) is 21.3. The maximum atomic E-state index is 12.8. The molecule has 2 aliphatic heterocycles. The number of aliphatic hydroxyl groups is 1. The average molecular weight is 489 g/mol. The lowest BCUT2D eigenvalue weighted by Crippen LogP contribution is -2.74.